The quantitative estimate of drug-likeness (QED) is 0.794. The molecule has 16 heavy (non-hydrogen) atoms. The maximum atomic E-state index is 6.07. The smallest absolute Gasteiger partial charge is 0.0720 e. The first-order valence-corrected chi connectivity index (χ1v) is 6.15. The molecule has 0 aliphatic rings. The number of hydrogen-bond acceptors (Lipinski definition) is 2. The van der Waals surface area contributed by atoms with Crippen LogP contribution in [-0.4, -0.2) is 6.54 Å². The lowest BCUT2D eigenvalue weighted by molar-refractivity contribution is 0.440. The Morgan fingerprint density at radius 3 is 2.12 bits per heavy atom. The highest BCUT2D eigenvalue weighted by atomic mass is 35.5. The van der Waals surface area contributed by atoms with Crippen LogP contribution in [0.2, 0.25) is 10.0 Å². The molecule has 1 aromatic carbocycles. The zero-order valence-corrected chi connectivity index (χ0v) is 11.4. The van der Waals surface area contributed by atoms with E-state index in [1.807, 2.05) is 0 Å². The van der Waals surface area contributed by atoms with Crippen molar-refractivity contribution in [3.63, 3.8) is 0 Å². The summed E-state index contributed by atoms with van der Waals surface area (Å²) in [5.74, 6) is 1.18. The van der Waals surface area contributed by atoms with Crippen molar-refractivity contribution in [3.05, 3.63) is 22.2 Å². The van der Waals surface area contributed by atoms with Crippen molar-refractivity contribution in [2.75, 3.05) is 17.6 Å². The fourth-order valence-corrected chi connectivity index (χ4v) is 1.90. The molecule has 4 heteroatoms. The third-order valence-electron chi connectivity index (χ3n) is 2.80. The summed E-state index contributed by atoms with van der Waals surface area (Å²) >= 11 is 12.1. The van der Waals surface area contributed by atoms with Gasteiger partial charge < -0.3 is 11.1 Å². The van der Waals surface area contributed by atoms with Gasteiger partial charge in [-0.05, 0) is 24.0 Å². The van der Waals surface area contributed by atoms with Crippen molar-refractivity contribution in [2.24, 2.45) is 11.8 Å². The maximum Gasteiger partial charge on any atom is 0.0720 e. The molecule has 0 aliphatic heterocycles. The van der Waals surface area contributed by atoms with Crippen LogP contribution in [0.5, 0.6) is 0 Å². The van der Waals surface area contributed by atoms with Gasteiger partial charge in [0.2, 0.25) is 0 Å². The summed E-state index contributed by atoms with van der Waals surface area (Å²) in [4.78, 5) is 0. The molecule has 0 spiro atoms. The van der Waals surface area contributed by atoms with Crippen molar-refractivity contribution >= 4 is 34.6 Å². The van der Waals surface area contributed by atoms with Gasteiger partial charge in [-0.2, -0.15) is 0 Å². The van der Waals surface area contributed by atoms with Gasteiger partial charge >= 0.3 is 0 Å². The summed E-state index contributed by atoms with van der Waals surface area (Å²) in [7, 11) is 0. The van der Waals surface area contributed by atoms with Gasteiger partial charge in [0.1, 0.15) is 0 Å². The van der Waals surface area contributed by atoms with Crippen LogP contribution in [0.1, 0.15) is 20.8 Å². The summed E-state index contributed by atoms with van der Waals surface area (Å²) in [6.07, 6.45) is 0. The molecular formula is C12H18Cl2N2. The lowest BCUT2D eigenvalue weighted by Gasteiger charge is -2.18. The second kappa shape index (κ2) is 5.65. The summed E-state index contributed by atoms with van der Waals surface area (Å²) < 4.78 is 0. The number of hydrogen-bond donors (Lipinski definition) is 2. The largest absolute Gasteiger partial charge is 0.399 e. The Balaban J connectivity index is 2.74. The van der Waals surface area contributed by atoms with E-state index in [0.29, 0.717) is 27.6 Å². The topological polar surface area (TPSA) is 38.0 Å². The molecule has 0 radical (unpaired) electrons. The third kappa shape index (κ3) is 3.46. The molecule has 0 saturated carbocycles. The molecule has 2 nitrogen and oxygen atoms in total. The first-order chi connectivity index (χ1) is 7.41. The Bertz CT molecular complexity index is 341. The molecule has 1 atom stereocenters. The summed E-state index contributed by atoms with van der Waals surface area (Å²) in [6, 6.07) is 3.41. The van der Waals surface area contributed by atoms with E-state index < -0.39 is 0 Å². The summed E-state index contributed by atoms with van der Waals surface area (Å²) in [5, 5.41) is 4.41. The standard InChI is InChI=1S/C12H18Cl2N2/c1-7(2)8(3)6-16-12-10(13)4-9(15)5-11(12)14/h4-5,7-8,16H,6,15H2,1-3H3. The van der Waals surface area contributed by atoms with Crippen molar-refractivity contribution < 1.29 is 0 Å². The molecule has 0 saturated heterocycles. The summed E-state index contributed by atoms with van der Waals surface area (Å²) in [5.41, 5.74) is 6.99. The Morgan fingerprint density at radius 2 is 1.69 bits per heavy atom. The number of nitrogens with one attached hydrogen (secondary N) is 1. The zero-order valence-electron chi connectivity index (χ0n) is 9.85. The highest BCUT2D eigenvalue weighted by Gasteiger charge is 2.10. The highest BCUT2D eigenvalue weighted by Crippen LogP contribution is 2.33. The molecule has 1 unspecified atom stereocenters. The van der Waals surface area contributed by atoms with Crippen molar-refractivity contribution in [2.45, 2.75) is 20.8 Å². The maximum absolute atomic E-state index is 6.07. The van der Waals surface area contributed by atoms with Crippen molar-refractivity contribution in [3.8, 4) is 0 Å². The number of rotatable bonds is 4. The highest BCUT2D eigenvalue weighted by molar-refractivity contribution is 6.39. The zero-order chi connectivity index (χ0) is 12.3. The number of nitrogens with two attached hydrogens (primary N) is 1. The molecule has 1 rings (SSSR count). The number of benzene rings is 1. The van der Waals surface area contributed by atoms with E-state index in [0.717, 1.165) is 12.2 Å². The minimum absolute atomic E-state index is 0.560. The molecule has 90 valence electrons. The lowest BCUT2D eigenvalue weighted by Crippen LogP contribution is -2.16. The van der Waals surface area contributed by atoms with Gasteiger partial charge in [-0.1, -0.05) is 44.0 Å². The normalized spacial score (nSPS) is 12.9. The first kappa shape index (κ1) is 13.5. The van der Waals surface area contributed by atoms with Crippen LogP contribution in [0, 0.1) is 11.8 Å². The molecule has 1 aromatic rings. The molecule has 0 heterocycles. The second-order valence-electron chi connectivity index (χ2n) is 4.46. The van der Waals surface area contributed by atoms with Crippen LogP contribution in [0.25, 0.3) is 0 Å². The van der Waals surface area contributed by atoms with Gasteiger partial charge in [0.25, 0.3) is 0 Å². The van der Waals surface area contributed by atoms with Crippen LogP contribution in [0.3, 0.4) is 0 Å². The fraction of sp³-hybridized carbons (Fsp3) is 0.500. The van der Waals surface area contributed by atoms with Crippen LogP contribution in [-0.2, 0) is 0 Å². The molecule has 0 amide bonds. The lowest BCUT2D eigenvalue weighted by atomic mass is 9.98. The van der Waals surface area contributed by atoms with Crippen LogP contribution in [0.4, 0.5) is 11.4 Å². The monoisotopic (exact) mass is 260 g/mol. The molecular weight excluding hydrogens is 243 g/mol. The minimum atomic E-state index is 0.560. The van der Waals surface area contributed by atoms with E-state index in [4.69, 9.17) is 28.9 Å². The van der Waals surface area contributed by atoms with E-state index >= 15 is 0 Å². The molecule has 0 fully saturated rings. The second-order valence-corrected chi connectivity index (χ2v) is 5.28. The Kier molecular flexibility index (Phi) is 4.75. The first-order valence-electron chi connectivity index (χ1n) is 5.40. The Morgan fingerprint density at radius 1 is 1.19 bits per heavy atom. The number of halogens is 2. The van der Waals surface area contributed by atoms with Crippen molar-refractivity contribution in [1.29, 1.82) is 0 Å². The number of anilines is 2. The van der Waals surface area contributed by atoms with Crippen LogP contribution >= 0.6 is 23.2 Å². The number of nitrogen functional groups attached to an aromatic ring is 1. The van der Waals surface area contributed by atoms with Crippen LogP contribution in [0.15, 0.2) is 12.1 Å². The van der Waals surface area contributed by atoms with E-state index in [9.17, 15) is 0 Å². The van der Waals surface area contributed by atoms with E-state index in [2.05, 4.69) is 26.1 Å². The van der Waals surface area contributed by atoms with E-state index in [1.54, 1.807) is 12.1 Å². The Labute approximate surface area is 107 Å². The predicted octanol–water partition coefficient (Wildman–Crippen LogP) is 4.28. The molecule has 0 aromatic heterocycles. The van der Waals surface area contributed by atoms with Gasteiger partial charge in [-0.15, -0.1) is 0 Å². The SMILES string of the molecule is CC(C)C(C)CNc1c(Cl)cc(N)cc1Cl. The van der Waals surface area contributed by atoms with Gasteiger partial charge in [-0.25, -0.2) is 0 Å². The average molecular weight is 261 g/mol. The van der Waals surface area contributed by atoms with E-state index in [1.165, 1.54) is 0 Å². The molecule has 3 N–H and O–H groups in total. The van der Waals surface area contributed by atoms with Gasteiger partial charge in [0, 0.05) is 12.2 Å². The third-order valence-corrected chi connectivity index (χ3v) is 3.40. The average Bonchev–Trinajstić information content (AvgIpc) is 2.15. The van der Waals surface area contributed by atoms with Gasteiger partial charge in [0.15, 0.2) is 0 Å². The van der Waals surface area contributed by atoms with Crippen LogP contribution < -0.4 is 11.1 Å². The van der Waals surface area contributed by atoms with E-state index in [-0.39, 0.29) is 0 Å². The minimum Gasteiger partial charge on any atom is -0.399 e. The molecule has 0 aliphatic carbocycles. The van der Waals surface area contributed by atoms with Crippen molar-refractivity contribution in [1.82, 2.24) is 0 Å². The fourth-order valence-electron chi connectivity index (χ4n) is 1.26. The predicted molar refractivity (Wildman–Crippen MR) is 73.4 cm³/mol. The van der Waals surface area contributed by atoms with Gasteiger partial charge in [0.05, 0.1) is 15.7 Å². The summed E-state index contributed by atoms with van der Waals surface area (Å²) in [6.45, 7) is 7.43. The molecule has 0 bridgehead atoms. The van der Waals surface area contributed by atoms with Gasteiger partial charge in [-0.3, -0.25) is 0 Å². The Hall–Kier alpha value is -0.600.